The molecule has 0 heterocycles. The van der Waals surface area contributed by atoms with Gasteiger partial charge in [-0.3, -0.25) is 4.79 Å². The first-order chi connectivity index (χ1) is 6.37. The number of allylic oxidation sites excluding steroid dienone is 1. The number of rotatable bonds is 1. The topological polar surface area (TPSA) is 49.3 Å². The normalized spacial score (nSPS) is 30.1. The molecule has 2 N–H and O–H groups in total. The van der Waals surface area contributed by atoms with E-state index in [1.165, 1.54) is 0 Å². The summed E-state index contributed by atoms with van der Waals surface area (Å²) in [5.41, 5.74) is 1.28. The lowest BCUT2D eigenvalue weighted by Crippen LogP contribution is -2.36. The van der Waals surface area contributed by atoms with Crippen LogP contribution in [0.3, 0.4) is 0 Å². The molecule has 1 aliphatic rings. The van der Waals surface area contributed by atoms with Crippen LogP contribution >= 0.6 is 0 Å². The minimum absolute atomic E-state index is 0.0700. The third-order valence-electron chi connectivity index (χ3n) is 2.80. The van der Waals surface area contributed by atoms with Crippen LogP contribution in [0.15, 0.2) is 11.3 Å². The van der Waals surface area contributed by atoms with E-state index < -0.39 is 6.10 Å². The van der Waals surface area contributed by atoms with Gasteiger partial charge >= 0.3 is 0 Å². The maximum atomic E-state index is 11.8. The summed E-state index contributed by atoms with van der Waals surface area (Å²) in [5, 5.41) is 12.8. The Morgan fingerprint density at radius 1 is 1.57 bits per heavy atom. The molecule has 0 aromatic rings. The second-order valence-electron chi connectivity index (χ2n) is 4.77. The molecule has 3 heteroatoms. The molecule has 0 aliphatic heterocycles. The van der Waals surface area contributed by atoms with Crippen LogP contribution in [0, 0.1) is 5.41 Å². The molecule has 0 spiro atoms. The molecule has 1 saturated carbocycles. The average Bonchev–Trinajstić information content (AvgIpc) is 1.99. The number of carbonyl (C=O) groups excluding carboxylic acids is 1. The van der Waals surface area contributed by atoms with Crippen molar-refractivity contribution in [3.8, 4) is 0 Å². The van der Waals surface area contributed by atoms with Crippen molar-refractivity contribution in [1.29, 1.82) is 0 Å². The Labute approximate surface area is 85.2 Å². The highest BCUT2D eigenvalue weighted by atomic mass is 16.3. The van der Waals surface area contributed by atoms with Gasteiger partial charge in [-0.2, -0.15) is 0 Å². The van der Waals surface area contributed by atoms with Crippen LogP contribution in [0.1, 0.15) is 33.6 Å². The number of nitrogens with one attached hydrogen (secondary N) is 1. The van der Waals surface area contributed by atoms with E-state index in [0.29, 0.717) is 18.4 Å². The van der Waals surface area contributed by atoms with E-state index in [-0.39, 0.29) is 11.2 Å². The van der Waals surface area contributed by atoms with E-state index in [9.17, 15) is 9.90 Å². The first-order valence-electron chi connectivity index (χ1n) is 4.97. The van der Waals surface area contributed by atoms with Gasteiger partial charge in [-0.15, -0.1) is 0 Å². The van der Waals surface area contributed by atoms with E-state index in [4.69, 9.17) is 0 Å². The summed E-state index contributed by atoms with van der Waals surface area (Å²) in [6.45, 7) is 5.86. The molecule has 1 atom stereocenters. The lowest BCUT2D eigenvalue weighted by Gasteiger charge is -2.34. The van der Waals surface area contributed by atoms with Crippen molar-refractivity contribution in [2.75, 3.05) is 7.05 Å². The molecule has 1 unspecified atom stereocenters. The fourth-order valence-electron chi connectivity index (χ4n) is 2.01. The van der Waals surface area contributed by atoms with Gasteiger partial charge in [-0.25, -0.2) is 0 Å². The van der Waals surface area contributed by atoms with Gasteiger partial charge in [0.15, 0.2) is 5.78 Å². The molecule has 14 heavy (non-hydrogen) atoms. The predicted octanol–water partition coefficient (Wildman–Crippen LogP) is 1.23. The smallest absolute Gasteiger partial charge is 0.163 e. The Balaban J connectivity index is 2.98. The van der Waals surface area contributed by atoms with Gasteiger partial charge < -0.3 is 10.4 Å². The number of aliphatic hydroxyl groups is 1. The van der Waals surface area contributed by atoms with Crippen molar-refractivity contribution in [3.05, 3.63) is 11.3 Å². The predicted molar refractivity (Wildman–Crippen MR) is 55.8 cm³/mol. The summed E-state index contributed by atoms with van der Waals surface area (Å²) < 4.78 is 0. The molecule has 1 fully saturated rings. The zero-order valence-electron chi connectivity index (χ0n) is 9.35. The maximum absolute atomic E-state index is 11.8. The van der Waals surface area contributed by atoms with Gasteiger partial charge in [-0.05, 0) is 18.8 Å². The van der Waals surface area contributed by atoms with Crippen LogP contribution in [0.2, 0.25) is 0 Å². The molecule has 0 saturated heterocycles. The Morgan fingerprint density at radius 2 is 2.14 bits per heavy atom. The summed E-state index contributed by atoms with van der Waals surface area (Å²) in [6.07, 6.45) is 0.574. The summed E-state index contributed by atoms with van der Waals surface area (Å²) in [6, 6.07) is 0. The largest absolute Gasteiger partial charge is 0.391 e. The van der Waals surface area contributed by atoms with Crippen molar-refractivity contribution < 1.29 is 9.90 Å². The van der Waals surface area contributed by atoms with Crippen molar-refractivity contribution in [2.45, 2.75) is 39.7 Å². The Kier molecular flexibility index (Phi) is 3.00. The number of Topliss-reactive ketones (excluding diaryl/α,β-unsaturated/α-hetero) is 1. The average molecular weight is 197 g/mol. The zero-order chi connectivity index (χ0) is 10.9. The molecule has 0 bridgehead atoms. The molecular weight excluding hydrogens is 178 g/mol. The molecule has 0 radical (unpaired) electrons. The maximum Gasteiger partial charge on any atom is 0.163 e. The second kappa shape index (κ2) is 3.73. The van der Waals surface area contributed by atoms with Gasteiger partial charge in [0, 0.05) is 24.7 Å². The van der Waals surface area contributed by atoms with Crippen molar-refractivity contribution >= 4 is 5.78 Å². The van der Waals surface area contributed by atoms with E-state index >= 15 is 0 Å². The van der Waals surface area contributed by atoms with Gasteiger partial charge in [-0.1, -0.05) is 13.8 Å². The first-order valence-corrected chi connectivity index (χ1v) is 4.97. The molecule has 80 valence electrons. The van der Waals surface area contributed by atoms with Gasteiger partial charge in [0.25, 0.3) is 0 Å². The molecular formula is C11H19NO2. The third kappa shape index (κ3) is 2.15. The summed E-state index contributed by atoms with van der Waals surface area (Å²) >= 11 is 0. The quantitative estimate of drug-likeness (QED) is 0.622. The highest BCUT2D eigenvalue weighted by molar-refractivity contribution is 5.98. The Bertz CT molecular complexity index is 279. The number of carbonyl (C=O) groups is 1. The minimum atomic E-state index is -0.612. The number of ketones is 1. The van der Waals surface area contributed by atoms with Crippen LogP contribution in [-0.4, -0.2) is 24.0 Å². The van der Waals surface area contributed by atoms with E-state index in [0.717, 1.165) is 5.70 Å². The highest BCUT2D eigenvalue weighted by Crippen LogP contribution is 2.36. The molecule has 1 aliphatic carbocycles. The van der Waals surface area contributed by atoms with Crippen LogP contribution in [-0.2, 0) is 4.79 Å². The number of hydrogen-bond acceptors (Lipinski definition) is 3. The van der Waals surface area contributed by atoms with Crippen LogP contribution in [0.4, 0.5) is 0 Å². The fourth-order valence-corrected chi connectivity index (χ4v) is 2.01. The van der Waals surface area contributed by atoms with Crippen LogP contribution in [0.25, 0.3) is 0 Å². The highest BCUT2D eigenvalue weighted by Gasteiger charge is 2.36. The third-order valence-corrected chi connectivity index (χ3v) is 2.80. The fraction of sp³-hybridized carbons (Fsp3) is 0.727. The zero-order valence-corrected chi connectivity index (χ0v) is 9.35. The van der Waals surface area contributed by atoms with Crippen molar-refractivity contribution in [2.24, 2.45) is 5.41 Å². The number of hydrogen-bond donors (Lipinski definition) is 2. The van der Waals surface area contributed by atoms with Gasteiger partial charge in [0.2, 0.25) is 0 Å². The van der Waals surface area contributed by atoms with E-state index in [1.807, 2.05) is 20.8 Å². The van der Waals surface area contributed by atoms with Gasteiger partial charge in [0.05, 0.1) is 6.10 Å². The molecule has 0 amide bonds. The Morgan fingerprint density at radius 3 is 2.57 bits per heavy atom. The Hall–Kier alpha value is -0.830. The van der Waals surface area contributed by atoms with Crippen LogP contribution in [0.5, 0.6) is 0 Å². The van der Waals surface area contributed by atoms with Crippen molar-refractivity contribution in [1.82, 2.24) is 5.32 Å². The van der Waals surface area contributed by atoms with Gasteiger partial charge in [0.1, 0.15) is 0 Å². The lowest BCUT2D eigenvalue weighted by atomic mass is 9.73. The van der Waals surface area contributed by atoms with E-state index in [2.05, 4.69) is 5.32 Å². The first kappa shape index (κ1) is 11.2. The SMILES string of the molecule is CN/C(C)=C1/C(=O)CC(C)(C)CC1O. The summed E-state index contributed by atoms with van der Waals surface area (Å²) in [7, 11) is 1.77. The summed E-state index contributed by atoms with van der Waals surface area (Å²) in [4.78, 5) is 11.8. The molecule has 0 aromatic heterocycles. The lowest BCUT2D eigenvalue weighted by molar-refractivity contribution is -0.121. The van der Waals surface area contributed by atoms with Crippen molar-refractivity contribution in [3.63, 3.8) is 0 Å². The second-order valence-corrected chi connectivity index (χ2v) is 4.77. The minimum Gasteiger partial charge on any atom is -0.391 e. The van der Waals surface area contributed by atoms with Crippen LogP contribution < -0.4 is 5.32 Å². The van der Waals surface area contributed by atoms with E-state index in [1.54, 1.807) is 7.05 Å². The standard InChI is InChI=1S/C11H19NO2/c1-7(12-4)10-8(13)5-11(2,3)6-9(10)14/h8,12-13H,5-6H2,1-4H3/b10-7+. The molecule has 0 aromatic carbocycles. The number of aliphatic hydroxyl groups excluding tert-OH is 1. The molecule has 1 rings (SSSR count). The summed E-state index contributed by atoms with van der Waals surface area (Å²) in [5.74, 6) is 0.0700. The monoisotopic (exact) mass is 197 g/mol. The molecule has 3 nitrogen and oxygen atoms in total.